The van der Waals surface area contributed by atoms with Crippen LogP contribution in [-0.4, -0.2) is 125 Å². The molecule has 3 aromatic heterocycles. The lowest BCUT2D eigenvalue weighted by atomic mass is 9.92. The molecule has 0 spiro atoms. The molecule has 0 aliphatic carbocycles. The number of esters is 1. The number of ether oxygens (including phenoxy) is 5. The molecule has 6 heterocycles. The number of aryl methyl sites for hydroxylation is 2. The summed E-state index contributed by atoms with van der Waals surface area (Å²) in [5, 5.41) is 31.0. The minimum atomic E-state index is -1.39. The molecule has 1 N–H and O–H groups in total. The van der Waals surface area contributed by atoms with E-state index in [1.165, 1.54) is 38.9 Å². The molecule has 21 nitrogen and oxygen atoms in total. The van der Waals surface area contributed by atoms with E-state index in [0.29, 0.717) is 52.7 Å². The number of phenolic OH excluding ortho intramolecular Hbond substituents is 1. The van der Waals surface area contributed by atoms with Gasteiger partial charge in [0.15, 0.2) is 29.9 Å². The van der Waals surface area contributed by atoms with Gasteiger partial charge in [0.05, 0.1) is 41.5 Å². The highest BCUT2D eigenvalue weighted by Gasteiger charge is 2.35. The van der Waals surface area contributed by atoms with Gasteiger partial charge in [-0.2, -0.15) is 20.1 Å². The maximum Gasteiger partial charge on any atom is 0.409 e. The van der Waals surface area contributed by atoms with Crippen molar-refractivity contribution >= 4 is 63.0 Å². The molecule has 0 radical (unpaired) electrons. The third kappa shape index (κ3) is 10.3. The van der Waals surface area contributed by atoms with Crippen molar-refractivity contribution in [2.45, 2.75) is 51.9 Å². The second-order valence-electron chi connectivity index (χ2n) is 19.0. The van der Waals surface area contributed by atoms with Crippen molar-refractivity contribution in [2.24, 2.45) is 16.1 Å². The predicted molar refractivity (Wildman–Crippen MR) is 276 cm³/mol. The molecule has 0 saturated carbocycles. The van der Waals surface area contributed by atoms with Crippen LogP contribution in [0, 0.1) is 17.2 Å². The number of azo groups is 1. The number of anilines is 1. The van der Waals surface area contributed by atoms with Gasteiger partial charge in [-0.05, 0) is 89.5 Å². The Morgan fingerprint density at radius 1 is 0.908 bits per heavy atom. The van der Waals surface area contributed by atoms with Gasteiger partial charge >= 0.3 is 24.6 Å². The standard InChI is InChI=1S/C55H53N11O10/c1-33-15-19-65(49(68)14-18-56)30-45(33)63(4)50-41-17-21-66(51(41)58-32-57-50)53(70)61(2)22-23-62(3)54(71)73-31-34-6-9-38(10-7-34)59-60-39-11-13-46(67)43(27-39)52(69)76-55-74-47-26-36-16-20-64-29-37-24-40(72-5)12-8-35(37)25-44(64)42(36)28-48(47)75-55/h6-13,17,21,24-29,32-33,45,55H,14-16,19-20,22-23,30-31H2,1-5H3/p+1/t33-,45+,55?/m0/s1. The van der Waals surface area contributed by atoms with Crippen molar-refractivity contribution < 1.29 is 52.5 Å². The van der Waals surface area contributed by atoms with Crippen molar-refractivity contribution in [1.82, 2.24) is 29.2 Å². The van der Waals surface area contributed by atoms with Crippen LogP contribution >= 0.6 is 0 Å². The van der Waals surface area contributed by atoms with Gasteiger partial charge in [0, 0.05) is 71.4 Å². The van der Waals surface area contributed by atoms with E-state index in [1.54, 1.807) is 62.6 Å². The third-order valence-electron chi connectivity index (χ3n) is 14.1. The lowest BCUT2D eigenvalue weighted by Crippen LogP contribution is -2.52. The van der Waals surface area contributed by atoms with Crippen molar-refractivity contribution in [3.8, 4) is 40.3 Å². The summed E-state index contributed by atoms with van der Waals surface area (Å²) in [6.45, 7) is 2.91. The van der Waals surface area contributed by atoms with Gasteiger partial charge in [-0.3, -0.25) is 9.36 Å². The van der Waals surface area contributed by atoms with Crippen LogP contribution in [0.3, 0.4) is 0 Å². The molecule has 21 heteroatoms. The number of likely N-dealkylation sites (N-methyl/N-ethyl adjacent to an activating group) is 3. The van der Waals surface area contributed by atoms with Crippen LogP contribution in [0.4, 0.5) is 26.8 Å². The Labute approximate surface area is 436 Å². The number of phenols is 1. The normalized spacial score (nSPS) is 16.4. The van der Waals surface area contributed by atoms with Crippen LogP contribution in [0.25, 0.3) is 33.1 Å². The number of carbonyl (C=O) groups excluding carboxylic acids is 4. The summed E-state index contributed by atoms with van der Waals surface area (Å²) >= 11 is 0. The third-order valence-corrected chi connectivity index (χ3v) is 14.1. The molecular formula is C55H54N11O10+. The van der Waals surface area contributed by atoms with Gasteiger partial charge in [0.2, 0.25) is 11.6 Å². The SMILES string of the molecule is COc1ccc2cc3[n+](cc2c1)CCc1cc2c(cc1-3)OC(OC(=O)c1cc(N=Nc3ccc(COC(=O)N(C)CCN(C)C(=O)n4ccc5c(N(C)[C@@H]6CN(C(=O)CC#N)CC[C@@H]6C)ncnc54)cc3)ccc1O)O2. The number of pyridine rings is 1. The van der Waals surface area contributed by atoms with Crippen molar-refractivity contribution in [3.05, 3.63) is 120 Å². The maximum atomic E-state index is 13.7. The molecule has 3 aliphatic heterocycles. The molecular weight excluding hydrogens is 975 g/mol. The maximum absolute atomic E-state index is 13.7. The van der Waals surface area contributed by atoms with Crippen LogP contribution < -0.4 is 23.7 Å². The summed E-state index contributed by atoms with van der Waals surface area (Å²) in [5.41, 5.74) is 4.76. The summed E-state index contributed by atoms with van der Waals surface area (Å²) in [6, 6.07) is 26.2. The highest BCUT2D eigenvalue weighted by atomic mass is 16.9. The molecule has 3 amide bonds. The number of nitrogens with zero attached hydrogens (tertiary/aromatic N) is 11. The number of rotatable bonds is 13. The number of amides is 3. The number of hydrogen-bond acceptors (Lipinski definition) is 16. The minimum absolute atomic E-state index is 0.0267. The molecule has 388 valence electrons. The first-order valence-electron chi connectivity index (χ1n) is 24.6. The number of methoxy groups -OCH3 is 1. The fraction of sp³-hybridized carbons (Fsp3) is 0.309. The van der Waals surface area contributed by atoms with Gasteiger partial charge in [0.1, 0.15) is 42.2 Å². The molecule has 3 aliphatic rings. The zero-order chi connectivity index (χ0) is 53.2. The largest absolute Gasteiger partial charge is 0.507 e. The fourth-order valence-electron chi connectivity index (χ4n) is 9.65. The molecule has 10 rings (SSSR count). The number of likely N-dealkylation sites (tertiary alicyclic amines) is 1. The number of aromatic hydroxyl groups is 1. The Morgan fingerprint density at radius 3 is 2.46 bits per heavy atom. The predicted octanol–water partition coefficient (Wildman–Crippen LogP) is 7.89. The molecule has 0 bridgehead atoms. The van der Waals surface area contributed by atoms with E-state index in [9.17, 15) is 24.3 Å². The molecule has 3 atom stereocenters. The molecule has 1 unspecified atom stereocenters. The smallest absolute Gasteiger partial charge is 0.409 e. The minimum Gasteiger partial charge on any atom is -0.507 e. The van der Waals surface area contributed by atoms with E-state index in [1.807, 2.05) is 48.3 Å². The number of hydrogen-bond donors (Lipinski definition) is 1. The number of carbonyl (C=O) groups is 4. The zero-order valence-corrected chi connectivity index (χ0v) is 42.5. The van der Waals surface area contributed by atoms with Gasteiger partial charge < -0.3 is 48.4 Å². The Kier molecular flexibility index (Phi) is 14.1. The summed E-state index contributed by atoms with van der Waals surface area (Å²) in [4.78, 5) is 68.1. The van der Waals surface area contributed by atoms with E-state index in [0.717, 1.165) is 52.7 Å². The van der Waals surface area contributed by atoms with Crippen LogP contribution in [0.1, 0.15) is 41.3 Å². The average Bonchev–Trinajstić information content (AvgIpc) is 4.07. The number of nitriles is 1. The molecule has 7 aromatic rings. The van der Waals surface area contributed by atoms with E-state index in [4.69, 9.17) is 28.9 Å². The van der Waals surface area contributed by atoms with E-state index in [-0.39, 0.29) is 67.0 Å². The van der Waals surface area contributed by atoms with Gasteiger partial charge in [0.25, 0.3) is 0 Å². The zero-order valence-electron chi connectivity index (χ0n) is 42.5. The van der Waals surface area contributed by atoms with Crippen molar-refractivity contribution in [2.75, 3.05) is 59.3 Å². The highest BCUT2D eigenvalue weighted by molar-refractivity contribution is 5.95. The van der Waals surface area contributed by atoms with Crippen LogP contribution in [0.5, 0.6) is 23.0 Å². The summed E-state index contributed by atoms with van der Waals surface area (Å²) in [7, 11) is 6.78. The van der Waals surface area contributed by atoms with Crippen LogP contribution in [-0.2, 0) is 33.8 Å². The molecule has 4 aromatic carbocycles. The Bertz CT molecular complexity index is 3490. The highest BCUT2D eigenvalue weighted by Crippen LogP contribution is 2.42. The first-order valence-corrected chi connectivity index (χ1v) is 24.6. The second-order valence-corrected chi connectivity index (χ2v) is 19.0. The topological polar surface area (TPSA) is 231 Å². The Balaban J connectivity index is 0.693. The average molecular weight is 1030 g/mol. The van der Waals surface area contributed by atoms with Crippen LogP contribution in [0.15, 0.2) is 114 Å². The van der Waals surface area contributed by atoms with E-state index >= 15 is 0 Å². The number of benzene rings is 4. The summed E-state index contributed by atoms with van der Waals surface area (Å²) in [5.74, 6) is 1.11. The molecule has 1 saturated heterocycles. The summed E-state index contributed by atoms with van der Waals surface area (Å²) < 4.78 is 32.0. The van der Waals surface area contributed by atoms with Crippen molar-refractivity contribution in [1.29, 1.82) is 5.26 Å². The monoisotopic (exact) mass is 1030 g/mol. The fourth-order valence-corrected chi connectivity index (χ4v) is 9.65. The Hall–Kier alpha value is -9.32. The lowest BCUT2D eigenvalue weighted by molar-refractivity contribution is -0.686. The number of aromatic nitrogens is 4. The quantitative estimate of drug-likeness (QED) is 0.0658. The lowest BCUT2D eigenvalue weighted by Gasteiger charge is -2.42. The second kappa shape index (κ2) is 21.3. The summed E-state index contributed by atoms with van der Waals surface area (Å²) in [6.07, 6.45) is 5.95. The molecule has 1 fully saturated rings. The number of piperidine rings is 1. The van der Waals surface area contributed by atoms with E-state index in [2.05, 4.69) is 44.0 Å². The Morgan fingerprint density at radius 2 is 1.67 bits per heavy atom. The van der Waals surface area contributed by atoms with Gasteiger partial charge in [-0.15, -0.1) is 0 Å². The first kappa shape index (κ1) is 50.2. The molecule has 76 heavy (non-hydrogen) atoms. The van der Waals surface area contributed by atoms with E-state index < -0.39 is 18.5 Å². The van der Waals surface area contributed by atoms with Crippen LogP contribution in [0.2, 0.25) is 0 Å². The van der Waals surface area contributed by atoms with Crippen molar-refractivity contribution in [3.63, 3.8) is 0 Å². The first-order chi connectivity index (χ1) is 36.7. The van der Waals surface area contributed by atoms with Gasteiger partial charge in [-0.25, -0.2) is 24.4 Å². The number of fused-ring (bicyclic) bond motifs is 6. The van der Waals surface area contributed by atoms with Gasteiger partial charge in [-0.1, -0.05) is 25.1 Å².